The number of anilines is 1. The molecule has 0 bridgehead atoms. The second-order valence-electron chi connectivity index (χ2n) is 6.25. The standard InChI is InChI=1S/C19H20ClFN2O/c20-16-11-15(21)7-8-17(16)22-12-18(24)23-13-19(9-4-10-19)14-5-2-1-3-6-14/h1-3,5-8,11,22H,4,9-10,12-13H2,(H,23,24). The lowest BCUT2D eigenvalue weighted by atomic mass is 9.64. The van der Waals surface area contributed by atoms with Gasteiger partial charge in [-0.25, -0.2) is 4.39 Å². The number of halogens is 2. The van der Waals surface area contributed by atoms with Gasteiger partial charge in [0.1, 0.15) is 5.82 Å². The van der Waals surface area contributed by atoms with Gasteiger partial charge < -0.3 is 10.6 Å². The molecule has 24 heavy (non-hydrogen) atoms. The summed E-state index contributed by atoms with van der Waals surface area (Å²) in [5, 5.41) is 6.21. The Morgan fingerprint density at radius 3 is 2.54 bits per heavy atom. The Balaban J connectivity index is 1.54. The Labute approximate surface area is 146 Å². The molecular formula is C19H20ClFN2O. The van der Waals surface area contributed by atoms with E-state index in [-0.39, 0.29) is 22.9 Å². The highest BCUT2D eigenvalue weighted by Crippen LogP contribution is 2.43. The van der Waals surface area contributed by atoms with Crippen molar-refractivity contribution in [3.05, 3.63) is 64.9 Å². The summed E-state index contributed by atoms with van der Waals surface area (Å²) >= 11 is 5.94. The smallest absolute Gasteiger partial charge is 0.239 e. The number of carbonyl (C=O) groups excluding carboxylic acids is 1. The lowest BCUT2D eigenvalue weighted by Gasteiger charge is -2.42. The van der Waals surface area contributed by atoms with Gasteiger partial charge in [-0.1, -0.05) is 48.4 Å². The maximum atomic E-state index is 13.0. The van der Waals surface area contributed by atoms with Gasteiger partial charge >= 0.3 is 0 Å². The van der Waals surface area contributed by atoms with Crippen molar-refractivity contribution in [2.24, 2.45) is 0 Å². The third-order valence-corrected chi connectivity index (χ3v) is 5.00. The first kappa shape index (κ1) is 16.8. The Morgan fingerprint density at radius 1 is 1.17 bits per heavy atom. The number of hydrogen-bond donors (Lipinski definition) is 2. The van der Waals surface area contributed by atoms with Crippen LogP contribution in [-0.4, -0.2) is 19.0 Å². The summed E-state index contributed by atoms with van der Waals surface area (Å²) in [6.07, 6.45) is 3.37. The van der Waals surface area contributed by atoms with Crippen molar-refractivity contribution in [2.75, 3.05) is 18.4 Å². The molecule has 0 atom stereocenters. The fourth-order valence-electron chi connectivity index (χ4n) is 3.10. The van der Waals surface area contributed by atoms with E-state index in [2.05, 4.69) is 22.8 Å². The molecule has 2 N–H and O–H groups in total. The van der Waals surface area contributed by atoms with Crippen LogP contribution in [0.25, 0.3) is 0 Å². The van der Waals surface area contributed by atoms with Crippen molar-refractivity contribution in [1.82, 2.24) is 5.32 Å². The molecule has 1 aliphatic rings. The van der Waals surface area contributed by atoms with Crippen LogP contribution in [0.5, 0.6) is 0 Å². The van der Waals surface area contributed by atoms with Gasteiger partial charge in [-0.15, -0.1) is 0 Å². The number of benzene rings is 2. The normalized spacial score (nSPS) is 15.4. The molecule has 3 rings (SSSR count). The molecule has 0 saturated heterocycles. The zero-order chi connectivity index (χ0) is 17.0. The minimum Gasteiger partial charge on any atom is -0.375 e. The molecule has 2 aromatic rings. The van der Waals surface area contributed by atoms with Crippen LogP contribution in [0.15, 0.2) is 48.5 Å². The molecule has 0 spiro atoms. The summed E-state index contributed by atoms with van der Waals surface area (Å²) in [5.41, 5.74) is 1.89. The summed E-state index contributed by atoms with van der Waals surface area (Å²) < 4.78 is 13.0. The van der Waals surface area contributed by atoms with Gasteiger partial charge in [0.05, 0.1) is 17.3 Å². The molecule has 126 valence electrons. The molecule has 1 fully saturated rings. The number of nitrogens with one attached hydrogen (secondary N) is 2. The zero-order valence-corrected chi connectivity index (χ0v) is 14.1. The van der Waals surface area contributed by atoms with E-state index in [0.717, 1.165) is 12.8 Å². The molecule has 0 aromatic heterocycles. The average Bonchev–Trinajstić information content (AvgIpc) is 2.54. The monoisotopic (exact) mass is 346 g/mol. The van der Waals surface area contributed by atoms with Crippen LogP contribution in [0, 0.1) is 5.82 Å². The molecule has 5 heteroatoms. The lowest BCUT2D eigenvalue weighted by Crippen LogP contribution is -2.46. The highest BCUT2D eigenvalue weighted by atomic mass is 35.5. The van der Waals surface area contributed by atoms with E-state index >= 15 is 0 Å². The van der Waals surface area contributed by atoms with Gasteiger partial charge in [0.2, 0.25) is 5.91 Å². The van der Waals surface area contributed by atoms with Gasteiger partial charge in [-0.05, 0) is 36.6 Å². The first-order valence-electron chi connectivity index (χ1n) is 8.10. The largest absolute Gasteiger partial charge is 0.375 e. The maximum Gasteiger partial charge on any atom is 0.239 e. The third kappa shape index (κ3) is 3.70. The van der Waals surface area contributed by atoms with Crippen molar-refractivity contribution in [3.63, 3.8) is 0 Å². The molecule has 1 aliphatic carbocycles. The molecule has 3 nitrogen and oxygen atoms in total. The van der Waals surface area contributed by atoms with Crippen molar-refractivity contribution in [1.29, 1.82) is 0 Å². The summed E-state index contributed by atoms with van der Waals surface area (Å²) in [5.74, 6) is -0.498. The van der Waals surface area contributed by atoms with Crippen LogP contribution >= 0.6 is 11.6 Å². The van der Waals surface area contributed by atoms with Crippen molar-refractivity contribution < 1.29 is 9.18 Å². The van der Waals surface area contributed by atoms with E-state index in [1.807, 2.05) is 18.2 Å². The van der Waals surface area contributed by atoms with Crippen LogP contribution in [0.3, 0.4) is 0 Å². The fourth-order valence-corrected chi connectivity index (χ4v) is 3.34. The van der Waals surface area contributed by atoms with Gasteiger partial charge in [0.25, 0.3) is 0 Å². The molecule has 0 unspecified atom stereocenters. The highest BCUT2D eigenvalue weighted by Gasteiger charge is 2.38. The second kappa shape index (κ2) is 7.22. The minimum atomic E-state index is -0.398. The van der Waals surface area contributed by atoms with Gasteiger partial charge in [0, 0.05) is 12.0 Å². The van der Waals surface area contributed by atoms with Crippen LogP contribution in [-0.2, 0) is 10.2 Å². The Bertz CT molecular complexity index is 717. The van der Waals surface area contributed by atoms with Crippen molar-refractivity contribution >= 4 is 23.2 Å². The molecule has 2 aromatic carbocycles. The number of hydrogen-bond acceptors (Lipinski definition) is 2. The van der Waals surface area contributed by atoms with Crippen LogP contribution < -0.4 is 10.6 Å². The summed E-state index contributed by atoms with van der Waals surface area (Å²) in [4.78, 5) is 12.1. The van der Waals surface area contributed by atoms with Crippen LogP contribution in [0.2, 0.25) is 5.02 Å². The topological polar surface area (TPSA) is 41.1 Å². The average molecular weight is 347 g/mol. The predicted octanol–water partition coefficient (Wildman–Crippen LogP) is 4.13. The van der Waals surface area contributed by atoms with E-state index < -0.39 is 5.82 Å². The van der Waals surface area contributed by atoms with E-state index in [4.69, 9.17) is 11.6 Å². The van der Waals surface area contributed by atoms with Gasteiger partial charge in [0.15, 0.2) is 0 Å². The van der Waals surface area contributed by atoms with Gasteiger partial charge in [-0.2, -0.15) is 0 Å². The van der Waals surface area contributed by atoms with Crippen LogP contribution in [0.1, 0.15) is 24.8 Å². The third-order valence-electron chi connectivity index (χ3n) is 4.69. The molecule has 0 radical (unpaired) electrons. The SMILES string of the molecule is O=C(CNc1ccc(F)cc1Cl)NCC1(c2ccccc2)CCC1. The molecule has 0 aliphatic heterocycles. The number of amides is 1. The van der Waals surface area contributed by atoms with Crippen molar-refractivity contribution in [3.8, 4) is 0 Å². The van der Waals surface area contributed by atoms with Crippen LogP contribution in [0.4, 0.5) is 10.1 Å². The Morgan fingerprint density at radius 2 is 1.92 bits per heavy atom. The number of rotatable bonds is 6. The minimum absolute atomic E-state index is 0.0600. The molecular weight excluding hydrogens is 327 g/mol. The van der Waals surface area contributed by atoms with E-state index in [9.17, 15) is 9.18 Å². The summed E-state index contributed by atoms with van der Waals surface area (Å²) in [7, 11) is 0. The summed E-state index contributed by atoms with van der Waals surface area (Å²) in [6.45, 7) is 0.741. The Hall–Kier alpha value is -2.07. The molecule has 0 heterocycles. The van der Waals surface area contributed by atoms with E-state index in [1.165, 1.54) is 30.2 Å². The predicted molar refractivity (Wildman–Crippen MR) is 94.9 cm³/mol. The quantitative estimate of drug-likeness (QED) is 0.825. The maximum absolute atomic E-state index is 13.0. The van der Waals surface area contributed by atoms with E-state index in [1.54, 1.807) is 0 Å². The summed E-state index contributed by atoms with van der Waals surface area (Å²) in [6, 6.07) is 14.4. The molecule has 1 amide bonds. The number of carbonyl (C=O) groups is 1. The van der Waals surface area contributed by atoms with Crippen molar-refractivity contribution in [2.45, 2.75) is 24.7 Å². The lowest BCUT2D eigenvalue weighted by molar-refractivity contribution is -0.119. The van der Waals surface area contributed by atoms with Gasteiger partial charge in [-0.3, -0.25) is 4.79 Å². The second-order valence-corrected chi connectivity index (χ2v) is 6.66. The first-order chi connectivity index (χ1) is 11.6. The zero-order valence-electron chi connectivity index (χ0n) is 13.3. The first-order valence-corrected chi connectivity index (χ1v) is 8.48. The fraction of sp³-hybridized carbons (Fsp3) is 0.316. The molecule has 1 saturated carbocycles. The Kier molecular flexibility index (Phi) is 5.05. The highest BCUT2D eigenvalue weighted by molar-refractivity contribution is 6.33. The van der Waals surface area contributed by atoms with E-state index in [0.29, 0.717) is 12.2 Å².